The van der Waals surface area contributed by atoms with E-state index in [1.807, 2.05) is 0 Å². The minimum Gasteiger partial charge on any atom is -0.594 e. The molecule has 0 aliphatic carbocycles. The van der Waals surface area contributed by atoms with Crippen molar-refractivity contribution in [2.45, 2.75) is 0 Å². The first-order valence-corrected chi connectivity index (χ1v) is 7.03. The van der Waals surface area contributed by atoms with E-state index in [9.17, 15) is 34.6 Å². The van der Waals surface area contributed by atoms with E-state index in [-0.39, 0.29) is 4.86 Å². The van der Waals surface area contributed by atoms with E-state index in [1.54, 1.807) is 0 Å². The Bertz CT molecular complexity index is 1010. The Morgan fingerprint density at radius 1 is 0.741 bits per heavy atom. The number of azo groups is 1. The van der Waals surface area contributed by atoms with E-state index in [0.29, 0.717) is 0 Å². The molecule has 0 aliphatic heterocycles. The molecule has 0 fully saturated rings. The third kappa shape index (κ3) is 3.71. The molecule has 0 atom stereocenters. The van der Waals surface area contributed by atoms with Crippen molar-refractivity contribution < 1.29 is 44.5 Å². The summed E-state index contributed by atoms with van der Waals surface area (Å²) in [6, 6.07) is 6.24. The smallest absolute Gasteiger partial charge is 0.343 e. The van der Waals surface area contributed by atoms with Crippen molar-refractivity contribution in [1.29, 1.82) is 0 Å². The fraction of sp³-hybridized carbons (Fsp3) is 0. The van der Waals surface area contributed by atoms with Gasteiger partial charge in [0.25, 0.3) is 5.69 Å². The molecule has 11 nitrogen and oxygen atoms in total. The lowest BCUT2D eigenvalue weighted by molar-refractivity contribution is -0.435. The third-order valence-electron chi connectivity index (χ3n) is 3.38. The molecule has 138 valence electrons. The quantitative estimate of drug-likeness (QED) is 0.334. The third-order valence-corrected chi connectivity index (χ3v) is 3.38. The maximum Gasteiger partial charge on any atom is 0.343 e. The Morgan fingerprint density at radius 3 is 1.70 bits per heavy atom. The van der Waals surface area contributed by atoms with Crippen molar-refractivity contribution in [2.24, 2.45) is 5.11 Å². The standard InChI is InChI=1S/C16H10N2O9/c19-13(20)7-3-1-5-9(11(7)15(23)24)17-18(27)10-6-2-4-8(14(21)22)12(10)16(25)26/h1-6H,(H,19,20)(H,21,22)(H,23,24)(H,25,26). The van der Waals surface area contributed by atoms with Crippen LogP contribution in [0.15, 0.2) is 41.5 Å². The molecule has 11 heteroatoms. The van der Waals surface area contributed by atoms with Gasteiger partial charge in [-0.25, -0.2) is 19.2 Å². The lowest BCUT2D eigenvalue weighted by atomic mass is 10.1. The highest BCUT2D eigenvalue weighted by atomic mass is 16.5. The Labute approximate surface area is 149 Å². The van der Waals surface area contributed by atoms with Gasteiger partial charge in [-0.15, -0.1) is 0 Å². The van der Waals surface area contributed by atoms with Gasteiger partial charge in [0.1, 0.15) is 16.8 Å². The molecule has 0 heterocycles. The van der Waals surface area contributed by atoms with Crippen molar-refractivity contribution >= 4 is 35.3 Å². The van der Waals surface area contributed by atoms with Gasteiger partial charge in [-0.1, -0.05) is 12.1 Å². The van der Waals surface area contributed by atoms with E-state index in [4.69, 9.17) is 10.2 Å². The van der Waals surface area contributed by atoms with Crippen molar-refractivity contribution in [3.8, 4) is 0 Å². The normalized spacial score (nSPS) is 11.0. The van der Waals surface area contributed by atoms with E-state index in [0.717, 1.165) is 36.4 Å². The molecule has 0 saturated heterocycles. The van der Waals surface area contributed by atoms with E-state index >= 15 is 0 Å². The van der Waals surface area contributed by atoms with Gasteiger partial charge in [0.15, 0.2) is 0 Å². The first-order chi connectivity index (χ1) is 12.6. The molecule has 2 aromatic carbocycles. The molecule has 0 aromatic heterocycles. The summed E-state index contributed by atoms with van der Waals surface area (Å²) in [7, 11) is 0. The Morgan fingerprint density at radius 2 is 1.22 bits per heavy atom. The van der Waals surface area contributed by atoms with Crippen LogP contribution >= 0.6 is 0 Å². The first kappa shape index (κ1) is 19.1. The number of nitrogens with zero attached hydrogens (tertiary/aromatic N) is 2. The highest BCUT2D eigenvalue weighted by Gasteiger charge is 2.27. The highest BCUT2D eigenvalue weighted by Crippen LogP contribution is 2.28. The minimum absolute atomic E-state index is 0.275. The van der Waals surface area contributed by atoms with E-state index < -0.39 is 57.5 Å². The van der Waals surface area contributed by atoms with E-state index in [2.05, 4.69) is 5.11 Å². The molecule has 0 radical (unpaired) electrons. The molecule has 0 amide bonds. The molecule has 0 unspecified atom stereocenters. The molecule has 2 rings (SSSR count). The Balaban J connectivity index is 2.74. The second-order valence-corrected chi connectivity index (χ2v) is 4.99. The Hall–Kier alpha value is -4.28. The molecular weight excluding hydrogens is 364 g/mol. The number of carboxylic acids is 4. The molecule has 0 spiro atoms. The predicted octanol–water partition coefficient (Wildman–Crippen LogP) is 2.41. The summed E-state index contributed by atoms with van der Waals surface area (Å²) in [5, 5.41) is 52.3. The highest BCUT2D eigenvalue weighted by molar-refractivity contribution is 6.05. The molecule has 27 heavy (non-hydrogen) atoms. The van der Waals surface area contributed by atoms with Crippen LogP contribution in [0.25, 0.3) is 0 Å². The monoisotopic (exact) mass is 374 g/mol. The average molecular weight is 374 g/mol. The zero-order chi connectivity index (χ0) is 20.3. The summed E-state index contributed by atoms with van der Waals surface area (Å²) in [5.74, 6) is -6.54. The van der Waals surface area contributed by atoms with Crippen LogP contribution in [0.2, 0.25) is 0 Å². The van der Waals surface area contributed by atoms with Crippen LogP contribution in [0.1, 0.15) is 41.4 Å². The molecule has 0 aliphatic rings. The number of rotatable bonds is 6. The number of carbonyl (C=O) groups is 4. The maximum atomic E-state index is 12.3. The van der Waals surface area contributed by atoms with E-state index in [1.165, 1.54) is 0 Å². The SMILES string of the molecule is O=C(O)c1cccc(N=[N+]([O-])c2cccc(C(=O)O)c2C(=O)O)c1C(=O)O. The molecule has 4 N–H and O–H groups in total. The second-order valence-electron chi connectivity index (χ2n) is 4.99. The zero-order valence-electron chi connectivity index (χ0n) is 13.2. The van der Waals surface area contributed by atoms with Gasteiger partial charge in [0, 0.05) is 11.2 Å². The predicted molar refractivity (Wildman–Crippen MR) is 86.1 cm³/mol. The van der Waals surface area contributed by atoms with Crippen molar-refractivity contribution in [3.63, 3.8) is 0 Å². The van der Waals surface area contributed by atoms with Crippen LogP contribution in [-0.2, 0) is 0 Å². The summed E-state index contributed by atoms with van der Waals surface area (Å²) >= 11 is 0. The van der Waals surface area contributed by atoms with Gasteiger partial charge in [-0.05, 0) is 23.1 Å². The fourth-order valence-electron chi connectivity index (χ4n) is 2.28. The number of benzene rings is 2. The van der Waals surface area contributed by atoms with Crippen molar-refractivity contribution in [2.75, 3.05) is 0 Å². The molecule has 0 saturated carbocycles. The van der Waals surface area contributed by atoms with Crippen LogP contribution in [0.4, 0.5) is 11.4 Å². The number of hydrogen-bond acceptors (Lipinski definition) is 6. The zero-order valence-corrected chi connectivity index (χ0v) is 13.2. The molecular formula is C16H10N2O9. The lowest BCUT2D eigenvalue weighted by Crippen LogP contribution is -2.12. The summed E-state index contributed by atoms with van der Waals surface area (Å²) < 4.78 is 0. The van der Waals surface area contributed by atoms with Crippen LogP contribution in [0.3, 0.4) is 0 Å². The average Bonchev–Trinajstić information content (AvgIpc) is 2.60. The van der Waals surface area contributed by atoms with Crippen LogP contribution < -0.4 is 0 Å². The van der Waals surface area contributed by atoms with Crippen LogP contribution in [0.5, 0.6) is 0 Å². The summed E-state index contributed by atoms with van der Waals surface area (Å²) in [4.78, 5) is 44.8. The minimum atomic E-state index is -1.71. The fourth-order valence-corrected chi connectivity index (χ4v) is 2.28. The number of carboxylic acid groups (broad SMARTS) is 4. The topological polar surface area (TPSA) is 188 Å². The van der Waals surface area contributed by atoms with Gasteiger partial charge >= 0.3 is 23.9 Å². The summed E-state index contributed by atoms with van der Waals surface area (Å²) in [6.45, 7) is 0. The van der Waals surface area contributed by atoms with Crippen LogP contribution in [0, 0.1) is 5.21 Å². The molecule has 0 bridgehead atoms. The summed E-state index contributed by atoms with van der Waals surface area (Å²) in [5.41, 5.74) is -4.15. The largest absolute Gasteiger partial charge is 0.594 e. The maximum absolute atomic E-state index is 12.3. The van der Waals surface area contributed by atoms with Crippen LogP contribution in [-0.4, -0.2) is 49.2 Å². The van der Waals surface area contributed by atoms with Gasteiger partial charge in [0.2, 0.25) is 0 Å². The number of hydrogen-bond donors (Lipinski definition) is 4. The van der Waals surface area contributed by atoms with Gasteiger partial charge in [-0.3, -0.25) is 0 Å². The van der Waals surface area contributed by atoms with Gasteiger partial charge < -0.3 is 25.6 Å². The van der Waals surface area contributed by atoms with Crippen molar-refractivity contribution in [1.82, 2.24) is 0 Å². The first-order valence-electron chi connectivity index (χ1n) is 7.03. The Kier molecular flexibility index (Phi) is 5.16. The lowest BCUT2D eigenvalue weighted by Gasteiger charge is -2.07. The van der Waals surface area contributed by atoms with Gasteiger partial charge in [0.05, 0.1) is 11.1 Å². The summed E-state index contributed by atoms with van der Waals surface area (Å²) in [6.07, 6.45) is 0. The second kappa shape index (κ2) is 7.31. The van der Waals surface area contributed by atoms with Gasteiger partial charge in [-0.2, -0.15) is 0 Å². The number of aromatic carboxylic acids is 4. The molecule has 2 aromatic rings. The van der Waals surface area contributed by atoms with Crippen molar-refractivity contribution in [3.05, 3.63) is 63.9 Å².